The lowest BCUT2D eigenvalue weighted by Crippen LogP contribution is -2.53. The van der Waals surface area contributed by atoms with Crippen molar-refractivity contribution >= 4 is 0 Å². The zero-order valence-corrected chi connectivity index (χ0v) is 9.09. The molecule has 1 aromatic rings. The van der Waals surface area contributed by atoms with Gasteiger partial charge < -0.3 is 10.1 Å². The van der Waals surface area contributed by atoms with E-state index in [1.54, 1.807) is 6.07 Å². The maximum Gasteiger partial charge on any atom is 0.164 e. The number of hydrogen-bond donors (Lipinski definition) is 1. The Balaban J connectivity index is 2.29. The first-order valence-electron chi connectivity index (χ1n) is 5.28. The second-order valence-electron chi connectivity index (χ2n) is 4.23. The van der Waals surface area contributed by atoms with Gasteiger partial charge in [0, 0.05) is 18.7 Å². The Morgan fingerprint density at radius 1 is 1.33 bits per heavy atom. The van der Waals surface area contributed by atoms with Crippen LogP contribution in [0.15, 0.2) is 24.3 Å². The van der Waals surface area contributed by atoms with E-state index in [-0.39, 0.29) is 6.10 Å². The first-order chi connectivity index (χ1) is 7.12. The summed E-state index contributed by atoms with van der Waals surface area (Å²) in [5.41, 5.74) is -0.580. The van der Waals surface area contributed by atoms with Gasteiger partial charge in [-0.3, -0.25) is 0 Å². The Morgan fingerprint density at radius 3 is 2.53 bits per heavy atom. The van der Waals surface area contributed by atoms with E-state index < -0.39 is 5.67 Å². The standard InChI is InChI=1S/C12H16FNO/c1-9(2)15-11-6-4-3-5-10(11)12(13)7-14-8-12/h3-6,9,14H,7-8H2,1-2H3. The van der Waals surface area contributed by atoms with Gasteiger partial charge in [0.05, 0.1) is 6.10 Å². The highest BCUT2D eigenvalue weighted by molar-refractivity contribution is 5.40. The van der Waals surface area contributed by atoms with Crippen LogP contribution in [0.25, 0.3) is 0 Å². The van der Waals surface area contributed by atoms with Gasteiger partial charge in [-0.25, -0.2) is 4.39 Å². The molecule has 1 fully saturated rings. The molecule has 0 aromatic heterocycles. The molecule has 1 N–H and O–H groups in total. The minimum absolute atomic E-state index is 0.0720. The Kier molecular flexibility index (Phi) is 2.65. The number of alkyl halides is 1. The fourth-order valence-electron chi connectivity index (χ4n) is 1.73. The highest BCUT2D eigenvalue weighted by Crippen LogP contribution is 2.36. The molecule has 1 aliphatic rings. The van der Waals surface area contributed by atoms with Gasteiger partial charge >= 0.3 is 0 Å². The molecule has 0 unspecified atom stereocenters. The molecule has 1 saturated heterocycles. The van der Waals surface area contributed by atoms with Crippen molar-refractivity contribution in [1.82, 2.24) is 5.32 Å². The van der Waals surface area contributed by atoms with Crippen LogP contribution in [0.5, 0.6) is 5.75 Å². The molecule has 0 saturated carbocycles. The number of hydrogen-bond acceptors (Lipinski definition) is 2. The molecule has 82 valence electrons. The summed E-state index contributed by atoms with van der Waals surface area (Å²) in [5, 5.41) is 2.95. The second kappa shape index (κ2) is 3.81. The third kappa shape index (κ3) is 1.97. The van der Waals surface area contributed by atoms with Crippen LogP contribution in [0.3, 0.4) is 0 Å². The van der Waals surface area contributed by atoms with Crippen molar-refractivity contribution in [3.63, 3.8) is 0 Å². The fourth-order valence-corrected chi connectivity index (χ4v) is 1.73. The molecule has 0 radical (unpaired) electrons. The van der Waals surface area contributed by atoms with Crippen LogP contribution in [-0.4, -0.2) is 19.2 Å². The number of ether oxygens (including phenoxy) is 1. The number of para-hydroxylation sites is 1. The minimum atomic E-state index is -1.24. The van der Waals surface area contributed by atoms with Gasteiger partial charge in [-0.2, -0.15) is 0 Å². The third-order valence-electron chi connectivity index (χ3n) is 2.54. The summed E-state index contributed by atoms with van der Waals surface area (Å²) in [5.74, 6) is 0.663. The lowest BCUT2D eigenvalue weighted by atomic mass is 9.89. The van der Waals surface area contributed by atoms with Crippen LogP contribution in [0.1, 0.15) is 19.4 Å². The lowest BCUT2D eigenvalue weighted by molar-refractivity contribution is 0.0829. The summed E-state index contributed by atoms with van der Waals surface area (Å²) in [6.45, 7) is 4.65. The molecule has 0 aliphatic carbocycles. The van der Waals surface area contributed by atoms with Crippen molar-refractivity contribution in [2.45, 2.75) is 25.6 Å². The second-order valence-corrected chi connectivity index (χ2v) is 4.23. The molecule has 0 bridgehead atoms. The monoisotopic (exact) mass is 209 g/mol. The molecule has 1 aromatic carbocycles. The smallest absolute Gasteiger partial charge is 0.164 e. The first kappa shape index (κ1) is 10.4. The average Bonchev–Trinajstić information content (AvgIpc) is 2.14. The Hall–Kier alpha value is -1.09. The normalized spacial score (nSPS) is 18.7. The molecular formula is C12H16FNO. The van der Waals surface area contributed by atoms with Crippen molar-refractivity contribution in [3.05, 3.63) is 29.8 Å². The molecule has 2 nitrogen and oxygen atoms in total. The van der Waals surface area contributed by atoms with Crippen molar-refractivity contribution in [3.8, 4) is 5.75 Å². The van der Waals surface area contributed by atoms with Crippen LogP contribution in [0, 0.1) is 0 Å². The maximum absolute atomic E-state index is 14.2. The minimum Gasteiger partial charge on any atom is -0.491 e. The van der Waals surface area contributed by atoms with Crippen molar-refractivity contribution < 1.29 is 9.13 Å². The Labute approximate surface area is 89.4 Å². The molecule has 2 rings (SSSR count). The molecule has 0 amide bonds. The largest absolute Gasteiger partial charge is 0.491 e. The average molecular weight is 209 g/mol. The summed E-state index contributed by atoms with van der Waals surface area (Å²) in [4.78, 5) is 0. The molecular weight excluding hydrogens is 193 g/mol. The van der Waals surface area contributed by atoms with Crippen molar-refractivity contribution in [2.75, 3.05) is 13.1 Å². The van der Waals surface area contributed by atoms with E-state index in [9.17, 15) is 4.39 Å². The van der Waals surface area contributed by atoms with E-state index >= 15 is 0 Å². The van der Waals surface area contributed by atoms with Crippen molar-refractivity contribution in [1.29, 1.82) is 0 Å². The molecule has 1 aliphatic heterocycles. The predicted molar refractivity (Wildman–Crippen MR) is 57.9 cm³/mol. The molecule has 0 spiro atoms. The Bertz CT molecular complexity index is 347. The van der Waals surface area contributed by atoms with Gasteiger partial charge in [-0.05, 0) is 19.9 Å². The molecule has 15 heavy (non-hydrogen) atoms. The summed E-state index contributed by atoms with van der Waals surface area (Å²) in [6, 6.07) is 7.35. The maximum atomic E-state index is 14.2. The van der Waals surface area contributed by atoms with Gasteiger partial charge in [0.15, 0.2) is 5.67 Å². The van der Waals surface area contributed by atoms with Crippen LogP contribution in [-0.2, 0) is 5.67 Å². The molecule has 3 heteroatoms. The zero-order valence-electron chi connectivity index (χ0n) is 9.09. The van der Waals surface area contributed by atoms with E-state index in [4.69, 9.17) is 4.74 Å². The van der Waals surface area contributed by atoms with E-state index in [1.807, 2.05) is 32.0 Å². The van der Waals surface area contributed by atoms with Crippen LogP contribution < -0.4 is 10.1 Å². The molecule has 0 atom stereocenters. The van der Waals surface area contributed by atoms with E-state index in [0.717, 1.165) is 0 Å². The highest BCUT2D eigenvalue weighted by Gasteiger charge is 2.41. The van der Waals surface area contributed by atoms with E-state index in [0.29, 0.717) is 24.4 Å². The fraction of sp³-hybridized carbons (Fsp3) is 0.500. The summed E-state index contributed by atoms with van der Waals surface area (Å²) in [7, 11) is 0. The number of rotatable bonds is 3. The van der Waals surface area contributed by atoms with Crippen LogP contribution in [0.2, 0.25) is 0 Å². The predicted octanol–water partition coefficient (Wildman–Crippen LogP) is 2.24. The van der Waals surface area contributed by atoms with Crippen LogP contribution >= 0.6 is 0 Å². The number of halogens is 1. The topological polar surface area (TPSA) is 21.3 Å². The van der Waals surface area contributed by atoms with E-state index in [2.05, 4.69) is 5.32 Å². The van der Waals surface area contributed by atoms with Gasteiger partial charge in [0.25, 0.3) is 0 Å². The summed E-state index contributed by atoms with van der Waals surface area (Å²) >= 11 is 0. The zero-order chi connectivity index (χ0) is 10.9. The van der Waals surface area contributed by atoms with Crippen LogP contribution in [0.4, 0.5) is 4.39 Å². The van der Waals surface area contributed by atoms with Crippen molar-refractivity contribution in [2.24, 2.45) is 0 Å². The number of benzene rings is 1. The SMILES string of the molecule is CC(C)Oc1ccccc1C1(F)CNC1. The van der Waals surface area contributed by atoms with E-state index in [1.165, 1.54) is 0 Å². The van der Waals surface area contributed by atoms with Gasteiger partial charge in [0.1, 0.15) is 5.75 Å². The lowest BCUT2D eigenvalue weighted by Gasteiger charge is -2.36. The Morgan fingerprint density at radius 2 is 2.00 bits per heavy atom. The third-order valence-corrected chi connectivity index (χ3v) is 2.54. The number of nitrogens with one attached hydrogen (secondary N) is 1. The van der Waals surface area contributed by atoms with Gasteiger partial charge in [-0.15, -0.1) is 0 Å². The van der Waals surface area contributed by atoms with Gasteiger partial charge in [-0.1, -0.05) is 18.2 Å². The highest BCUT2D eigenvalue weighted by atomic mass is 19.1. The summed E-state index contributed by atoms with van der Waals surface area (Å²) < 4.78 is 19.8. The quantitative estimate of drug-likeness (QED) is 0.824. The summed E-state index contributed by atoms with van der Waals surface area (Å²) in [6.07, 6.45) is 0.0720. The van der Waals surface area contributed by atoms with Gasteiger partial charge in [0.2, 0.25) is 0 Å². The first-order valence-corrected chi connectivity index (χ1v) is 5.28. The molecule has 1 heterocycles.